The van der Waals surface area contributed by atoms with Gasteiger partial charge >= 0.3 is 0 Å². The molecule has 0 amide bonds. The zero-order valence-corrected chi connectivity index (χ0v) is 15.4. The second kappa shape index (κ2) is 7.99. The Bertz CT molecular complexity index is 823. The minimum absolute atomic E-state index is 0.103. The van der Waals surface area contributed by atoms with Crippen molar-refractivity contribution in [2.45, 2.75) is 6.54 Å². The van der Waals surface area contributed by atoms with Crippen LogP contribution >= 0.6 is 15.9 Å². The molecule has 0 atom stereocenters. The van der Waals surface area contributed by atoms with Gasteiger partial charge in [0.2, 0.25) is 5.78 Å². The third kappa shape index (κ3) is 4.70. The molecule has 25 heavy (non-hydrogen) atoms. The topological polar surface area (TPSA) is 29.5 Å². The summed E-state index contributed by atoms with van der Waals surface area (Å²) in [6.45, 7) is 0.833. The van der Waals surface area contributed by atoms with Gasteiger partial charge in [0.25, 0.3) is 0 Å². The summed E-state index contributed by atoms with van der Waals surface area (Å²) >= 11 is 3.45. The number of allylic oxidation sites excluding steroid dienone is 9. The fourth-order valence-corrected chi connectivity index (χ4v) is 2.73. The highest BCUT2D eigenvalue weighted by atomic mass is 79.9. The van der Waals surface area contributed by atoms with Crippen LogP contribution in [0, 0.1) is 0 Å². The lowest BCUT2D eigenvalue weighted by molar-refractivity contribution is -0.114. The number of hydrogen-bond donors (Lipinski definition) is 0. The molecule has 1 aromatic carbocycles. The highest BCUT2D eigenvalue weighted by Gasteiger charge is 2.10. The first-order valence-electron chi connectivity index (χ1n) is 7.91. The molecule has 1 aliphatic carbocycles. The Hall–Kier alpha value is -2.59. The molecular formula is C21H18BrNO2. The normalized spacial score (nSPS) is 17.9. The molecule has 0 saturated heterocycles. The Balaban J connectivity index is 1.64. The number of hydrogen-bond acceptors (Lipinski definition) is 3. The van der Waals surface area contributed by atoms with E-state index in [9.17, 15) is 4.79 Å². The molecule has 1 heterocycles. The summed E-state index contributed by atoms with van der Waals surface area (Å²) in [5.74, 6) is 0.260. The fourth-order valence-electron chi connectivity index (χ4n) is 2.47. The smallest absolute Gasteiger partial charge is 0.220 e. The average Bonchev–Trinajstić information content (AvgIpc) is 2.64. The average molecular weight is 396 g/mol. The van der Waals surface area contributed by atoms with Gasteiger partial charge in [0, 0.05) is 23.4 Å². The molecule has 0 radical (unpaired) electrons. The maximum atomic E-state index is 11.5. The molecule has 126 valence electrons. The number of carbonyl (C=O) groups excluding carboxylic acids is 1. The third-order valence-corrected chi connectivity index (χ3v) is 4.38. The fraction of sp³-hybridized carbons (Fsp3) is 0.0952. The number of benzene rings is 1. The van der Waals surface area contributed by atoms with Crippen LogP contribution < -0.4 is 0 Å². The molecule has 3 nitrogen and oxygen atoms in total. The van der Waals surface area contributed by atoms with Gasteiger partial charge < -0.3 is 9.64 Å². The van der Waals surface area contributed by atoms with Crippen molar-refractivity contribution in [1.82, 2.24) is 4.90 Å². The molecular weight excluding hydrogens is 378 g/mol. The summed E-state index contributed by atoms with van der Waals surface area (Å²) in [6.07, 6.45) is 17.3. The van der Waals surface area contributed by atoms with Gasteiger partial charge in [-0.2, -0.15) is 0 Å². The maximum absolute atomic E-state index is 11.5. The van der Waals surface area contributed by atoms with E-state index in [1.165, 1.54) is 18.7 Å². The van der Waals surface area contributed by atoms with Crippen LogP contribution in [0.4, 0.5) is 0 Å². The molecule has 2 aliphatic rings. The number of methoxy groups -OCH3 is 1. The van der Waals surface area contributed by atoms with Gasteiger partial charge in [0.15, 0.2) is 5.76 Å². The molecule has 0 aromatic heterocycles. The SMILES string of the molecule is COC1=C/C(=C\C=C2C=CN(Cc3ccc(Br)cc3)C=C2)C=CC1=O. The van der Waals surface area contributed by atoms with Gasteiger partial charge in [-0.3, -0.25) is 4.79 Å². The third-order valence-electron chi connectivity index (χ3n) is 3.85. The van der Waals surface area contributed by atoms with E-state index in [2.05, 4.69) is 69.6 Å². The van der Waals surface area contributed by atoms with Crippen molar-refractivity contribution in [2.24, 2.45) is 0 Å². The van der Waals surface area contributed by atoms with E-state index < -0.39 is 0 Å². The predicted molar refractivity (Wildman–Crippen MR) is 103 cm³/mol. The first-order chi connectivity index (χ1) is 12.1. The molecule has 0 N–H and O–H groups in total. The minimum atomic E-state index is -0.103. The van der Waals surface area contributed by atoms with Crippen molar-refractivity contribution in [3.05, 3.63) is 106 Å². The summed E-state index contributed by atoms with van der Waals surface area (Å²) in [5, 5.41) is 0. The molecule has 0 unspecified atom stereocenters. The number of rotatable bonds is 4. The van der Waals surface area contributed by atoms with Crippen molar-refractivity contribution >= 4 is 21.7 Å². The van der Waals surface area contributed by atoms with Crippen LogP contribution in [0.5, 0.6) is 0 Å². The standard InChI is InChI=1S/C21H18BrNO2/c1-25-21-14-17(6-9-20(21)24)3-2-16-10-12-23(13-11-16)15-18-4-7-19(22)8-5-18/h2-14H,15H2,1H3/b17-3-. The Morgan fingerprint density at radius 1 is 1.00 bits per heavy atom. The summed E-state index contributed by atoms with van der Waals surface area (Å²) < 4.78 is 6.15. The summed E-state index contributed by atoms with van der Waals surface area (Å²) in [5.41, 5.74) is 3.28. The lowest BCUT2D eigenvalue weighted by Crippen LogP contribution is -2.11. The van der Waals surface area contributed by atoms with E-state index in [1.54, 1.807) is 12.2 Å². The van der Waals surface area contributed by atoms with Crippen molar-refractivity contribution < 1.29 is 9.53 Å². The van der Waals surface area contributed by atoms with Gasteiger partial charge in [-0.25, -0.2) is 0 Å². The molecule has 1 aromatic rings. The van der Waals surface area contributed by atoms with Gasteiger partial charge in [-0.1, -0.05) is 46.3 Å². The van der Waals surface area contributed by atoms with Gasteiger partial charge in [-0.15, -0.1) is 0 Å². The second-order valence-electron chi connectivity index (χ2n) is 5.67. The highest BCUT2D eigenvalue weighted by molar-refractivity contribution is 9.10. The van der Waals surface area contributed by atoms with Crippen LogP contribution in [0.3, 0.4) is 0 Å². The molecule has 1 aliphatic heterocycles. The van der Waals surface area contributed by atoms with Crippen molar-refractivity contribution in [3.8, 4) is 0 Å². The number of ether oxygens (including phenoxy) is 1. The minimum Gasteiger partial charge on any atom is -0.493 e. The van der Waals surface area contributed by atoms with E-state index in [4.69, 9.17) is 4.74 Å². The summed E-state index contributed by atoms with van der Waals surface area (Å²) in [6, 6.07) is 8.32. The Kier molecular flexibility index (Phi) is 5.51. The number of carbonyl (C=O) groups is 1. The molecule has 0 fully saturated rings. The zero-order valence-electron chi connectivity index (χ0n) is 13.9. The van der Waals surface area contributed by atoms with Gasteiger partial charge in [-0.05, 0) is 53.1 Å². The number of halogens is 1. The Labute approximate surface area is 156 Å². The van der Waals surface area contributed by atoms with E-state index in [0.29, 0.717) is 5.76 Å². The highest BCUT2D eigenvalue weighted by Crippen LogP contribution is 2.17. The molecule has 0 bridgehead atoms. The quantitative estimate of drug-likeness (QED) is 0.731. The maximum Gasteiger partial charge on any atom is 0.220 e. The first kappa shape index (κ1) is 17.2. The molecule has 4 heteroatoms. The van der Waals surface area contributed by atoms with Crippen molar-refractivity contribution in [2.75, 3.05) is 7.11 Å². The lowest BCUT2D eigenvalue weighted by Gasteiger charge is -2.18. The monoisotopic (exact) mass is 395 g/mol. The number of nitrogens with zero attached hydrogens (tertiary/aromatic N) is 1. The van der Waals surface area contributed by atoms with Crippen LogP contribution in [0.25, 0.3) is 0 Å². The largest absolute Gasteiger partial charge is 0.493 e. The molecule has 3 rings (SSSR count). The second-order valence-corrected chi connectivity index (χ2v) is 6.59. The number of ketones is 1. The van der Waals surface area contributed by atoms with E-state index in [0.717, 1.165) is 22.2 Å². The van der Waals surface area contributed by atoms with Crippen LogP contribution in [-0.2, 0) is 16.1 Å². The van der Waals surface area contributed by atoms with Gasteiger partial charge in [0.1, 0.15) is 0 Å². The van der Waals surface area contributed by atoms with Gasteiger partial charge in [0.05, 0.1) is 7.11 Å². The van der Waals surface area contributed by atoms with Crippen LogP contribution in [-0.4, -0.2) is 17.8 Å². The Morgan fingerprint density at radius 3 is 2.36 bits per heavy atom. The first-order valence-corrected chi connectivity index (χ1v) is 8.70. The lowest BCUT2D eigenvalue weighted by atomic mass is 10.1. The van der Waals surface area contributed by atoms with E-state index >= 15 is 0 Å². The van der Waals surface area contributed by atoms with Crippen molar-refractivity contribution in [1.29, 1.82) is 0 Å². The van der Waals surface area contributed by atoms with Crippen LogP contribution in [0.1, 0.15) is 5.56 Å². The zero-order chi connectivity index (χ0) is 17.6. The van der Waals surface area contributed by atoms with Crippen LogP contribution in [0.15, 0.2) is 101 Å². The summed E-state index contributed by atoms with van der Waals surface area (Å²) in [4.78, 5) is 13.7. The van der Waals surface area contributed by atoms with Crippen molar-refractivity contribution in [3.63, 3.8) is 0 Å². The molecule has 0 saturated carbocycles. The molecule has 0 spiro atoms. The summed E-state index contributed by atoms with van der Waals surface area (Å²) in [7, 11) is 1.51. The van der Waals surface area contributed by atoms with E-state index in [1.807, 2.05) is 12.2 Å². The van der Waals surface area contributed by atoms with Crippen LogP contribution in [0.2, 0.25) is 0 Å². The predicted octanol–water partition coefficient (Wildman–Crippen LogP) is 4.81. The Morgan fingerprint density at radius 2 is 1.68 bits per heavy atom. The van der Waals surface area contributed by atoms with E-state index in [-0.39, 0.29) is 5.78 Å².